The molecule has 1 rings (SSSR count). The summed E-state index contributed by atoms with van der Waals surface area (Å²) in [5.74, 6) is -0.443. The van der Waals surface area contributed by atoms with Gasteiger partial charge < -0.3 is 10.6 Å². The average Bonchev–Trinajstić information content (AvgIpc) is 2.25. The Bertz CT molecular complexity index is 550. The summed E-state index contributed by atoms with van der Waals surface area (Å²) in [5, 5.41) is 0. The molecule has 6 heteroatoms. The number of aryl methyl sites for hydroxylation is 1. The van der Waals surface area contributed by atoms with Gasteiger partial charge in [-0.15, -0.1) is 0 Å². The molecule has 100 valence electrons. The number of benzene rings is 1. The maximum Gasteiger partial charge on any atom is 0.223 e. The Morgan fingerprint density at radius 2 is 1.94 bits per heavy atom. The predicted molar refractivity (Wildman–Crippen MR) is 71.0 cm³/mol. The Balaban J connectivity index is 2.90. The van der Waals surface area contributed by atoms with E-state index in [1.807, 2.05) is 6.92 Å². The van der Waals surface area contributed by atoms with Gasteiger partial charge in [0.1, 0.15) is 0 Å². The number of hydrogen-bond donors (Lipinski definition) is 1. The zero-order chi connectivity index (χ0) is 13.9. The Morgan fingerprint density at radius 3 is 2.44 bits per heavy atom. The monoisotopic (exact) mass is 270 g/mol. The maximum absolute atomic E-state index is 12.0. The van der Waals surface area contributed by atoms with Crippen molar-refractivity contribution in [3.63, 3.8) is 0 Å². The quantitative estimate of drug-likeness (QED) is 0.822. The molecule has 0 aliphatic carbocycles. The van der Waals surface area contributed by atoms with E-state index in [-0.39, 0.29) is 28.7 Å². The van der Waals surface area contributed by atoms with E-state index in [1.54, 1.807) is 26.2 Å². The first-order valence-corrected chi connectivity index (χ1v) is 7.18. The van der Waals surface area contributed by atoms with Crippen LogP contribution in [0.1, 0.15) is 12.0 Å². The normalized spacial score (nSPS) is 11.3. The molecular formula is C12H18N2O3S. The van der Waals surface area contributed by atoms with Gasteiger partial charge in [0.05, 0.1) is 16.3 Å². The highest BCUT2D eigenvalue weighted by molar-refractivity contribution is 7.91. The number of anilines is 1. The molecule has 0 radical (unpaired) electrons. The van der Waals surface area contributed by atoms with Crippen LogP contribution < -0.4 is 5.73 Å². The molecule has 0 spiro atoms. The molecule has 0 bridgehead atoms. The standard InChI is InChI=1S/C12H18N2O3S/c1-9-4-5-11(10(13)8-9)18(16,17)7-6-12(15)14(2)3/h4-5,8H,6-7,13H2,1-3H3. The Morgan fingerprint density at radius 1 is 1.33 bits per heavy atom. The maximum atomic E-state index is 12.0. The van der Waals surface area contributed by atoms with Gasteiger partial charge in [-0.05, 0) is 24.6 Å². The minimum Gasteiger partial charge on any atom is -0.398 e. The van der Waals surface area contributed by atoms with E-state index in [4.69, 9.17) is 5.73 Å². The molecule has 2 N–H and O–H groups in total. The van der Waals surface area contributed by atoms with Gasteiger partial charge >= 0.3 is 0 Å². The van der Waals surface area contributed by atoms with E-state index in [2.05, 4.69) is 0 Å². The highest BCUT2D eigenvalue weighted by atomic mass is 32.2. The summed E-state index contributed by atoms with van der Waals surface area (Å²) in [6.45, 7) is 1.84. The Labute approximate surface area is 108 Å². The van der Waals surface area contributed by atoms with Gasteiger partial charge in [0, 0.05) is 20.5 Å². The summed E-state index contributed by atoms with van der Waals surface area (Å²) in [5.41, 5.74) is 6.83. The third kappa shape index (κ3) is 3.46. The van der Waals surface area contributed by atoms with Crippen LogP contribution in [0.3, 0.4) is 0 Å². The molecule has 0 saturated heterocycles. The number of hydrogen-bond acceptors (Lipinski definition) is 4. The van der Waals surface area contributed by atoms with Crippen molar-refractivity contribution in [3.8, 4) is 0 Å². The minimum atomic E-state index is -3.51. The van der Waals surface area contributed by atoms with Crippen molar-refractivity contribution in [2.75, 3.05) is 25.6 Å². The third-order valence-electron chi connectivity index (χ3n) is 2.58. The average molecular weight is 270 g/mol. The molecule has 0 fully saturated rings. The summed E-state index contributed by atoms with van der Waals surface area (Å²) in [6, 6.07) is 4.79. The lowest BCUT2D eigenvalue weighted by atomic mass is 10.2. The second kappa shape index (κ2) is 5.39. The van der Waals surface area contributed by atoms with Crippen molar-refractivity contribution in [1.82, 2.24) is 4.90 Å². The number of sulfone groups is 1. The van der Waals surface area contributed by atoms with Crippen LogP contribution in [0.2, 0.25) is 0 Å². The first-order chi connectivity index (χ1) is 8.24. The minimum absolute atomic E-state index is 0.0390. The first kappa shape index (κ1) is 14.5. The zero-order valence-corrected chi connectivity index (χ0v) is 11.6. The lowest BCUT2D eigenvalue weighted by Gasteiger charge is -2.11. The van der Waals surface area contributed by atoms with Crippen LogP contribution in [0, 0.1) is 6.92 Å². The van der Waals surface area contributed by atoms with E-state index in [9.17, 15) is 13.2 Å². The SMILES string of the molecule is Cc1ccc(S(=O)(=O)CCC(=O)N(C)C)c(N)c1. The van der Waals surface area contributed by atoms with E-state index >= 15 is 0 Å². The van der Waals surface area contributed by atoms with Crippen LogP contribution in [0.25, 0.3) is 0 Å². The van der Waals surface area contributed by atoms with Crippen molar-refractivity contribution in [1.29, 1.82) is 0 Å². The first-order valence-electron chi connectivity index (χ1n) is 5.53. The van der Waals surface area contributed by atoms with E-state index in [0.29, 0.717) is 0 Å². The number of rotatable bonds is 4. The van der Waals surface area contributed by atoms with Crippen LogP contribution in [-0.4, -0.2) is 39.1 Å². The molecule has 1 aromatic rings. The Kier molecular flexibility index (Phi) is 4.34. The van der Waals surface area contributed by atoms with E-state index < -0.39 is 9.84 Å². The molecular weight excluding hydrogens is 252 g/mol. The molecule has 0 atom stereocenters. The number of nitrogens with two attached hydrogens (primary N) is 1. The molecule has 0 unspecified atom stereocenters. The molecule has 5 nitrogen and oxygen atoms in total. The fourth-order valence-electron chi connectivity index (χ4n) is 1.51. The third-order valence-corrected chi connectivity index (χ3v) is 4.37. The topological polar surface area (TPSA) is 80.5 Å². The van der Waals surface area contributed by atoms with E-state index in [0.717, 1.165) is 5.56 Å². The van der Waals surface area contributed by atoms with Gasteiger partial charge in [-0.1, -0.05) is 6.07 Å². The number of nitrogens with zero attached hydrogens (tertiary/aromatic N) is 1. The fraction of sp³-hybridized carbons (Fsp3) is 0.417. The number of nitrogen functional groups attached to an aromatic ring is 1. The molecule has 1 aromatic carbocycles. The highest BCUT2D eigenvalue weighted by Gasteiger charge is 2.19. The van der Waals surface area contributed by atoms with Crippen molar-refractivity contribution in [3.05, 3.63) is 23.8 Å². The second-order valence-electron chi connectivity index (χ2n) is 4.40. The summed E-state index contributed by atoms with van der Waals surface area (Å²) in [6.07, 6.45) is -0.0390. The van der Waals surface area contributed by atoms with Gasteiger partial charge in [-0.3, -0.25) is 4.79 Å². The smallest absolute Gasteiger partial charge is 0.223 e. The summed E-state index contributed by atoms with van der Waals surface area (Å²) in [4.78, 5) is 12.9. The number of carbonyl (C=O) groups is 1. The largest absolute Gasteiger partial charge is 0.398 e. The second-order valence-corrected chi connectivity index (χ2v) is 6.48. The number of carbonyl (C=O) groups excluding carboxylic acids is 1. The van der Waals surface area contributed by atoms with Crippen molar-refractivity contribution >= 4 is 21.4 Å². The van der Waals surface area contributed by atoms with Gasteiger partial charge in [-0.2, -0.15) is 0 Å². The van der Waals surface area contributed by atoms with Crippen LogP contribution in [0.4, 0.5) is 5.69 Å². The molecule has 0 saturated carbocycles. The number of amides is 1. The molecule has 1 amide bonds. The van der Waals surface area contributed by atoms with Crippen molar-refractivity contribution in [2.24, 2.45) is 0 Å². The van der Waals surface area contributed by atoms with Crippen molar-refractivity contribution in [2.45, 2.75) is 18.2 Å². The molecule has 0 aliphatic heterocycles. The summed E-state index contributed by atoms with van der Waals surface area (Å²) in [7, 11) is -0.324. The van der Waals surface area contributed by atoms with E-state index in [1.165, 1.54) is 11.0 Å². The molecule has 0 aliphatic rings. The zero-order valence-electron chi connectivity index (χ0n) is 10.8. The van der Waals surface area contributed by atoms with Crippen LogP contribution in [0.5, 0.6) is 0 Å². The van der Waals surface area contributed by atoms with Crippen LogP contribution in [0.15, 0.2) is 23.1 Å². The Hall–Kier alpha value is -1.56. The summed E-state index contributed by atoms with van der Waals surface area (Å²) < 4.78 is 24.1. The molecule has 18 heavy (non-hydrogen) atoms. The lowest BCUT2D eigenvalue weighted by molar-refractivity contribution is -0.128. The fourth-order valence-corrected chi connectivity index (χ4v) is 2.86. The highest BCUT2D eigenvalue weighted by Crippen LogP contribution is 2.21. The van der Waals surface area contributed by atoms with Gasteiger partial charge in [0.15, 0.2) is 9.84 Å². The van der Waals surface area contributed by atoms with Gasteiger partial charge in [-0.25, -0.2) is 8.42 Å². The molecule has 0 aromatic heterocycles. The van der Waals surface area contributed by atoms with Gasteiger partial charge in [0.2, 0.25) is 5.91 Å². The van der Waals surface area contributed by atoms with Crippen LogP contribution in [-0.2, 0) is 14.6 Å². The molecule has 0 heterocycles. The van der Waals surface area contributed by atoms with Gasteiger partial charge in [0.25, 0.3) is 0 Å². The van der Waals surface area contributed by atoms with Crippen molar-refractivity contribution < 1.29 is 13.2 Å². The predicted octanol–water partition coefficient (Wildman–Crippen LogP) is 0.829. The summed E-state index contributed by atoms with van der Waals surface area (Å²) >= 11 is 0. The lowest BCUT2D eigenvalue weighted by Crippen LogP contribution is -2.24. The van der Waals surface area contributed by atoms with Crippen LogP contribution >= 0.6 is 0 Å².